The molecule has 0 amide bonds. The van der Waals surface area contributed by atoms with Gasteiger partial charge in [0.2, 0.25) is 0 Å². The van der Waals surface area contributed by atoms with E-state index < -0.39 is 0 Å². The highest BCUT2D eigenvalue weighted by Gasteiger charge is 2.18. The lowest BCUT2D eigenvalue weighted by Gasteiger charge is -2.19. The van der Waals surface area contributed by atoms with Crippen molar-refractivity contribution in [2.45, 2.75) is 27.7 Å². The lowest BCUT2D eigenvalue weighted by Crippen LogP contribution is -2.11. The summed E-state index contributed by atoms with van der Waals surface area (Å²) in [4.78, 5) is 0. The van der Waals surface area contributed by atoms with Gasteiger partial charge in [-0.2, -0.15) is 0 Å². The second kappa shape index (κ2) is 12.7. The van der Waals surface area contributed by atoms with E-state index in [1.165, 1.54) is 76.0 Å². The SMILES string of the molecule is Cc1ccc2cc(OPc3c(-c4ccc5ccccc5c4POc4cc5ccc(C)cc5cc4C)ccc4ccccc34)c(C)cc2c1. The van der Waals surface area contributed by atoms with Crippen LogP contribution in [0.15, 0.2) is 133 Å². The molecule has 234 valence electrons. The third-order valence-electron chi connectivity index (χ3n) is 9.25. The van der Waals surface area contributed by atoms with Gasteiger partial charge in [0.05, 0.1) is 0 Å². The lowest BCUT2D eigenvalue weighted by molar-refractivity contribution is 0.633. The molecule has 2 atom stereocenters. The molecule has 0 saturated carbocycles. The van der Waals surface area contributed by atoms with Crippen LogP contribution in [-0.4, -0.2) is 0 Å². The molecule has 48 heavy (non-hydrogen) atoms. The maximum Gasteiger partial charge on any atom is 0.126 e. The predicted octanol–water partition coefficient (Wildman–Crippen LogP) is 11.8. The first-order chi connectivity index (χ1) is 23.4. The molecule has 4 heteroatoms. The fourth-order valence-electron chi connectivity index (χ4n) is 6.66. The summed E-state index contributed by atoms with van der Waals surface area (Å²) in [5, 5.41) is 12.1. The van der Waals surface area contributed by atoms with Crippen molar-refractivity contribution < 1.29 is 9.05 Å². The van der Waals surface area contributed by atoms with Gasteiger partial charge in [0.15, 0.2) is 0 Å². The van der Waals surface area contributed by atoms with Crippen molar-refractivity contribution in [3.63, 3.8) is 0 Å². The maximum absolute atomic E-state index is 6.75. The third-order valence-corrected chi connectivity index (χ3v) is 11.4. The summed E-state index contributed by atoms with van der Waals surface area (Å²) in [6, 6.07) is 48.3. The second-order valence-electron chi connectivity index (χ2n) is 12.8. The number of hydrogen-bond acceptors (Lipinski definition) is 2. The van der Waals surface area contributed by atoms with Crippen LogP contribution < -0.4 is 19.7 Å². The molecule has 0 aliphatic heterocycles. The van der Waals surface area contributed by atoms with E-state index in [2.05, 4.69) is 161 Å². The lowest BCUT2D eigenvalue weighted by atomic mass is 9.98. The smallest absolute Gasteiger partial charge is 0.126 e. The van der Waals surface area contributed by atoms with Crippen molar-refractivity contribution >= 4 is 71.3 Å². The zero-order valence-corrected chi connectivity index (χ0v) is 29.5. The van der Waals surface area contributed by atoms with Crippen LogP contribution in [0.1, 0.15) is 22.3 Å². The molecule has 0 aliphatic rings. The number of aryl methyl sites for hydroxylation is 4. The van der Waals surface area contributed by atoms with Crippen molar-refractivity contribution in [1.82, 2.24) is 0 Å². The van der Waals surface area contributed by atoms with Gasteiger partial charge in [-0.1, -0.05) is 120 Å². The zero-order chi connectivity index (χ0) is 32.8. The van der Waals surface area contributed by atoms with E-state index in [1.807, 2.05) is 0 Å². The molecule has 0 radical (unpaired) electrons. The van der Waals surface area contributed by atoms with Gasteiger partial charge in [-0.25, -0.2) is 0 Å². The van der Waals surface area contributed by atoms with Gasteiger partial charge in [-0.15, -0.1) is 0 Å². The summed E-state index contributed by atoms with van der Waals surface area (Å²) in [5.41, 5.74) is 7.18. The van der Waals surface area contributed by atoms with Gasteiger partial charge < -0.3 is 9.05 Å². The number of fused-ring (bicyclic) bond motifs is 4. The highest BCUT2D eigenvalue weighted by atomic mass is 31.1. The van der Waals surface area contributed by atoms with E-state index >= 15 is 0 Å². The minimum absolute atomic E-state index is 0.122. The average Bonchev–Trinajstić information content (AvgIpc) is 3.09. The number of rotatable bonds is 7. The Balaban J connectivity index is 1.23. The van der Waals surface area contributed by atoms with Crippen LogP contribution in [0.2, 0.25) is 0 Å². The van der Waals surface area contributed by atoms with Crippen LogP contribution in [0.25, 0.3) is 54.2 Å². The molecule has 0 saturated heterocycles. The minimum atomic E-state index is 0.122. The monoisotopic (exact) mass is 658 g/mol. The van der Waals surface area contributed by atoms with Crippen molar-refractivity contribution in [3.05, 3.63) is 156 Å². The topological polar surface area (TPSA) is 18.5 Å². The van der Waals surface area contributed by atoms with Gasteiger partial charge in [0, 0.05) is 10.6 Å². The third kappa shape index (κ3) is 5.81. The molecule has 8 aromatic rings. The molecule has 0 heterocycles. The maximum atomic E-state index is 6.75. The van der Waals surface area contributed by atoms with Crippen LogP contribution in [0.3, 0.4) is 0 Å². The van der Waals surface area contributed by atoms with Crippen molar-refractivity contribution in [3.8, 4) is 22.6 Å². The Morgan fingerprint density at radius 2 is 0.792 bits per heavy atom. The molecular weight excluding hydrogens is 622 g/mol. The largest absolute Gasteiger partial charge is 0.472 e. The Kier molecular flexibility index (Phi) is 8.09. The minimum Gasteiger partial charge on any atom is -0.472 e. The van der Waals surface area contributed by atoms with Gasteiger partial charge in [0.1, 0.15) is 29.1 Å². The highest BCUT2D eigenvalue weighted by molar-refractivity contribution is 7.44. The summed E-state index contributed by atoms with van der Waals surface area (Å²) in [6.07, 6.45) is 0. The van der Waals surface area contributed by atoms with Gasteiger partial charge in [0.25, 0.3) is 0 Å². The first-order valence-corrected chi connectivity index (χ1v) is 18.1. The van der Waals surface area contributed by atoms with Crippen molar-refractivity contribution in [1.29, 1.82) is 0 Å². The molecule has 8 aromatic carbocycles. The highest BCUT2D eigenvalue weighted by Crippen LogP contribution is 2.38. The van der Waals surface area contributed by atoms with Crippen LogP contribution in [0.5, 0.6) is 11.5 Å². The molecule has 0 fully saturated rings. The van der Waals surface area contributed by atoms with E-state index in [1.54, 1.807) is 0 Å². The Morgan fingerprint density at radius 1 is 0.375 bits per heavy atom. The fraction of sp³-hybridized carbons (Fsp3) is 0.0909. The van der Waals surface area contributed by atoms with E-state index in [9.17, 15) is 0 Å². The summed E-state index contributed by atoms with van der Waals surface area (Å²) < 4.78 is 13.5. The number of benzene rings is 8. The second-order valence-corrected chi connectivity index (χ2v) is 14.6. The predicted molar refractivity (Wildman–Crippen MR) is 211 cm³/mol. The summed E-state index contributed by atoms with van der Waals surface area (Å²) >= 11 is 0. The molecular formula is C44H36O2P2. The molecule has 2 nitrogen and oxygen atoms in total. The summed E-state index contributed by atoms with van der Waals surface area (Å²) in [6.45, 7) is 8.56. The van der Waals surface area contributed by atoms with Crippen LogP contribution >= 0.6 is 17.6 Å². The Hall–Kier alpha value is -4.74. The fourth-order valence-corrected chi connectivity index (χ4v) is 8.86. The Bertz CT molecular complexity index is 2340. The summed E-state index contributed by atoms with van der Waals surface area (Å²) in [7, 11) is 0.243. The molecule has 0 aromatic heterocycles. The molecule has 0 aliphatic carbocycles. The molecule has 0 bridgehead atoms. The number of hydrogen-bond donors (Lipinski definition) is 0. The summed E-state index contributed by atoms with van der Waals surface area (Å²) in [5.74, 6) is 1.85. The normalized spacial score (nSPS) is 12.0. The standard InChI is InChI=1S/C44H36O2P2/c1-27-13-15-33-25-41(29(3)23-35(33)21-27)45-47-43-37-11-7-5-9-31(37)17-19-39(43)40-20-18-32-10-6-8-12-38(32)44(40)48-46-42-26-34-16-14-28(2)22-36(34)24-30(42)4/h5-26,47-48H,1-4H3. The van der Waals surface area contributed by atoms with Crippen molar-refractivity contribution in [2.24, 2.45) is 0 Å². The molecule has 0 N–H and O–H groups in total. The van der Waals surface area contributed by atoms with E-state index in [-0.39, 0.29) is 17.6 Å². The zero-order valence-electron chi connectivity index (χ0n) is 27.5. The molecule has 2 unspecified atom stereocenters. The van der Waals surface area contributed by atoms with Gasteiger partial charge in [-0.3, -0.25) is 0 Å². The van der Waals surface area contributed by atoms with Crippen molar-refractivity contribution in [2.75, 3.05) is 0 Å². The van der Waals surface area contributed by atoms with Crippen LogP contribution in [0, 0.1) is 27.7 Å². The van der Waals surface area contributed by atoms with E-state index in [0.717, 1.165) is 22.6 Å². The quantitative estimate of drug-likeness (QED) is 0.159. The van der Waals surface area contributed by atoms with E-state index in [4.69, 9.17) is 9.05 Å². The van der Waals surface area contributed by atoms with Gasteiger partial charge in [-0.05, 0) is 117 Å². The Labute approximate surface area is 285 Å². The molecule has 8 rings (SSSR count). The van der Waals surface area contributed by atoms with E-state index in [0.29, 0.717) is 0 Å². The first kappa shape index (κ1) is 30.6. The van der Waals surface area contributed by atoms with Gasteiger partial charge >= 0.3 is 0 Å². The Morgan fingerprint density at radius 3 is 1.25 bits per heavy atom. The first-order valence-electron chi connectivity index (χ1n) is 16.3. The molecule has 0 spiro atoms. The van der Waals surface area contributed by atoms with Crippen LogP contribution in [0.4, 0.5) is 0 Å². The average molecular weight is 659 g/mol. The van der Waals surface area contributed by atoms with Crippen LogP contribution in [-0.2, 0) is 0 Å².